The molecule has 2 atom stereocenters. The zero-order valence-electron chi connectivity index (χ0n) is 14.1. The molecule has 2 rings (SSSR count). The minimum atomic E-state index is -0.201. The van der Waals surface area contributed by atoms with Crippen molar-refractivity contribution >= 4 is 23.6 Å². The van der Waals surface area contributed by atoms with Crippen LogP contribution < -0.4 is 0 Å². The number of allylic oxidation sites excluding steroid dienone is 2. The molecular weight excluding hydrogens is 298 g/mol. The van der Waals surface area contributed by atoms with Crippen molar-refractivity contribution < 1.29 is 14.3 Å². The van der Waals surface area contributed by atoms with Gasteiger partial charge in [0.05, 0.1) is 18.2 Å². The molecule has 1 aliphatic carbocycles. The Morgan fingerprint density at radius 1 is 1.50 bits per heavy atom. The molecule has 1 unspecified atom stereocenters. The van der Waals surface area contributed by atoms with Gasteiger partial charge in [-0.15, -0.1) is 11.8 Å². The number of hydrogen-bond acceptors (Lipinski definition) is 4. The number of carbonyl (C=O) groups excluding carboxylic acids is 2. The molecule has 1 aliphatic heterocycles. The first-order valence-electron chi connectivity index (χ1n) is 8.01. The fourth-order valence-electron chi connectivity index (χ4n) is 3.29. The van der Waals surface area contributed by atoms with Crippen molar-refractivity contribution in [2.45, 2.75) is 51.8 Å². The second-order valence-electron chi connectivity index (χ2n) is 6.81. The summed E-state index contributed by atoms with van der Waals surface area (Å²) in [7, 11) is 1.40. The maximum Gasteiger partial charge on any atom is 0.305 e. The summed E-state index contributed by atoms with van der Waals surface area (Å²) in [6, 6.07) is 0. The van der Waals surface area contributed by atoms with Crippen LogP contribution in [0.25, 0.3) is 0 Å². The summed E-state index contributed by atoms with van der Waals surface area (Å²) in [4.78, 5) is 25.3. The number of esters is 1. The van der Waals surface area contributed by atoms with Crippen molar-refractivity contribution in [1.29, 1.82) is 0 Å². The maximum atomic E-state index is 12.1. The Morgan fingerprint density at radius 2 is 2.23 bits per heavy atom. The maximum absolute atomic E-state index is 12.1. The van der Waals surface area contributed by atoms with Crippen LogP contribution in [-0.2, 0) is 14.3 Å². The lowest BCUT2D eigenvalue weighted by molar-refractivity contribution is -0.141. The molecule has 0 saturated carbocycles. The van der Waals surface area contributed by atoms with E-state index in [1.165, 1.54) is 12.7 Å². The first-order valence-corrected chi connectivity index (χ1v) is 9.06. The van der Waals surface area contributed by atoms with Crippen molar-refractivity contribution in [3.63, 3.8) is 0 Å². The van der Waals surface area contributed by atoms with Crippen LogP contribution in [0.15, 0.2) is 11.6 Å². The third kappa shape index (κ3) is 3.67. The predicted molar refractivity (Wildman–Crippen MR) is 89.5 cm³/mol. The second kappa shape index (κ2) is 7.07. The fraction of sp³-hybridized carbons (Fsp3) is 0.765. The minimum Gasteiger partial charge on any atom is -0.469 e. The Morgan fingerprint density at radius 3 is 2.82 bits per heavy atom. The molecule has 1 heterocycles. The normalized spacial score (nSPS) is 27.2. The summed E-state index contributed by atoms with van der Waals surface area (Å²) < 4.78 is 4.66. The predicted octanol–water partition coefficient (Wildman–Crippen LogP) is 3.22. The first-order chi connectivity index (χ1) is 10.4. The highest BCUT2D eigenvalue weighted by molar-refractivity contribution is 8.00. The lowest BCUT2D eigenvalue weighted by atomic mass is 9.76. The van der Waals surface area contributed by atoms with Gasteiger partial charge in [0.2, 0.25) is 5.91 Å². The quantitative estimate of drug-likeness (QED) is 0.556. The Labute approximate surface area is 137 Å². The van der Waals surface area contributed by atoms with Gasteiger partial charge >= 0.3 is 5.97 Å². The summed E-state index contributed by atoms with van der Waals surface area (Å²) in [6.07, 6.45) is 5.55. The molecule has 1 amide bonds. The molecular formula is C17H27NO3S. The topological polar surface area (TPSA) is 46.6 Å². The molecule has 1 saturated heterocycles. The van der Waals surface area contributed by atoms with Crippen molar-refractivity contribution in [3.05, 3.63) is 11.6 Å². The molecule has 0 radical (unpaired) electrons. The largest absolute Gasteiger partial charge is 0.469 e. The Hall–Kier alpha value is -0.970. The van der Waals surface area contributed by atoms with Gasteiger partial charge in [0.25, 0.3) is 0 Å². The van der Waals surface area contributed by atoms with Crippen molar-refractivity contribution in [2.75, 3.05) is 19.4 Å². The first kappa shape index (κ1) is 17.4. The van der Waals surface area contributed by atoms with E-state index in [0.717, 1.165) is 12.8 Å². The molecule has 0 bridgehead atoms. The van der Waals surface area contributed by atoms with E-state index in [-0.39, 0.29) is 22.7 Å². The molecule has 2 aliphatic rings. The minimum absolute atomic E-state index is 0.201. The second-order valence-corrected chi connectivity index (χ2v) is 7.98. The fourth-order valence-corrected chi connectivity index (χ4v) is 4.57. The van der Waals surface area contributed by atoms with Crippen LogP contribution in [-0.4, -0.2) is 41.6 Å². The number of methoxy groups -OCH3 is 1. The van der Waals surface area contributed by atoms with Crippen LogP contribution in [0.4, 0.5) is 0 Å². The Bertz CT molecular complexity index is 473. The van der Waals surface area contributed by atoms with Crippen LogP contribution in [0.1, 0.15) is 46.5 Å². The molecule has 0 aromatic rings. The van der Waals surface area contributed by atoms with E-state index >= 15 is 0 Å². The third-order valence-corrected chi connectivity index (χ3v) is 6.55. The number of ether oxygens (including phenoxy) is 1. The summed E-state index contributed by atoms with van der Waals surface area (Å²) in [5.74, 6) is 1.18. The SMILES string of the molecule is COC(=O)CCCN1C(=O)CSC1C[C@@H]1CC=C(C)C1(C)C. The summed E-state index contributed by atoms with van der Waals surface area (Å²) >= 11 is 1.75. The molecule has 4 nitrogen and oxygen atoms in total. The molecule has 0 N–H and O–H groups in total. The van der Waals surface area contributed by atoms with Gasteiger partial charge in [-0.3, -0.25) is 9.59 Å². The average molecular weight is 325 g/mol. The van der Waals surface area contributed by atoms with E-state index in [1.807, 2.05) is 4.90 Å². The van der Waals surface area contributed by atoms with Crippen LogP contribution in [0, 0.1) is 11.3 Å². The molecule has 0 aromatic carbocycles. The van der Waals surface area contributed by atoms with Crippen LogP contribution >= 0.6 is 11.8 Å². The molecule has 22 heavy (non-hydrogen) atoms. The van der Waals surface area contributed by atoms with E-state index in [2.05, 4.69) is 31.6 Å². The number of carbonyl (C=O) groups is 2. The van der Waals surface area contributed by atoms with Crippen molar-refractivity contribution in [1.82, 2.24) is 4.90 Å². The van der Waals surface area contributed by atoms with E-state index < -0.39 is 0 Å². The standard InChI is InChI=1S/C17H27NO3S/c1-12-7-8-13(17(12,2)3)10-15-18(14(19)11-22-15)9-5-6-16(20)21-4/h7,13,15H,5-6,8-11H2,1-4H3/t13-,15?/m0/s1. The highest BCUT2D eigenvalue weighted by atomic mass is 32.2. The zero-order chi connectivity index (χ0) is 16.3. The van der Waals surface area contributed by atoms with Crippen LogP contribution in [0.3, 0.4) is 0 Å². The average Bonchev–Trinajstić information content (AvgIpc) is 2.94. The van der Waals surface area contributed by atoms with Gasteiger partial charge in [-0.25, -0.2) is 0 Å². The van der Waals surface area contributed by atoms with Gasteiger partial charge in [-0.2, -0.15) is 0 Å². The number of nitrogens with zero attached hydrogens (tertiary/aromatic N) is 1. The molecule has 0 aromatic heterocycles. The van der Waals surface area contributed by atoms with E-state index in [4.69, 9.17) is 0 Å². The van der Waals surface area contributed by atoms with E-state index in [0.29, 0.717) is 31.1 Å². The van der Waals surface area contributed by atoms with Crippen LogP contribution in [0.5, 0.6) is 0 Å². The van der Waals surface area contributed by atoms with E-state index in [1.54, 1.807) is 11.8 Å². The number of hydrogen-bond donors (Lipinski definition) is 0. The highest BCUT2D eigenvalue weighted by Crippen LogP contribution is 2.47. The molecule has 5 heteroatoms. The lowest BCUT2D eigenvalue weighted by Crippen LogP contribution is -2.36. The highest BCUT2D eigenvalue weighted by Gasteiger charge is 2.40. The van der Waals surface area contributed by atoms with Crippen molar-refractivity contribution in [3.8, 4) is 0 Å². The van der Waals surface area contributed by atoms with Gasteiger partial charge in [0.1, 0.15) is 0 Å². The molecule has 124 valence electrons. The number of thioether (sulfide) groups is 1. The monoisotopic (exact) mass is 325 g/mol. The van der Waals surface area contributed by atoms with Crippen molar-refractivity contribution in [2.24, 2.45) is 11.3 Å². The summed E-state index contributed by atoms with van der Waals surface area (Å²) in [5, 5.41) is 0.258. The van der Waals surface area contributed by atoms with Gasteiger partial charge in [0.15, 0.2) is 0 Å². The molecule has 1 fully saturated rings. The Kier molecular flexibility index (Phi) is 5.59. The van der Waals surface area contributed by atoms with Gasteiger partial charge in [0, 0.05) is 13.0 Å². The van der Waals surface area contributed by atoms with Gasteiger partial charge in [-0.1, -0.05) is 25.5 Å². The van der Waals surface area contributed by atoms with E-state index in [9.17, 15) is 9.59 Å². The zero-order valence-corrected chi connectivity index (χ0v) is 14.9. The third-order valence-electron chi connectivity index (χ3n) is 5.31. The summed E-state index contributed by atoms with van der Waals surface area (Å²) in [5.41, 5.74) is 1.69. The molecule has 0 spiro atoms. The number of rotatable bonds is 6. The smallest absolute Gasteiger partial charge is 0.305 e. The summed E-state index contributed by atoms with van der Waals surface area (Å²) in [6.45, 7) is 7.48. The number of amides is 1. The van der Waals surface area contributed by atoms with Crippen LogP contribution in [0.2, 0.25) is 0 Å². The lowest BCUT2D eigenvalue weighted by Gasteiger charge is -2.34. The van der Waals surface area contributed by atoms with Gasteiger partial charge in [-0.05, 0) is 37.5 Å². The van der Waals surface area contributed by atoms with Gasteiger partial charge < -0.3 is 9.64 Å². The Balaban J connectivity index is 1.90.